The fourth-order valence-electron chi connectivity index (χ4n) is 2.97. The Balaban J connectivity index is 1.86. The van der Waals surface area contributed by atoms with Crippen LogP contribution in [0.3, 0.4) is 0 Å². The number of anilines is 1. The van der Waals surface area contributed by atoms with E-state index in [1.165, 1.54) is 18.9 Å². The summed E-state index contributed by atoms with van der Waals surface area (Å²) in [6.45, 7) is 1.29. The molecule has 0 unspecified atom stereocenters. The van der Waals surface area contributed by atoms with Crippen molar-refractivity contribution < 1.29 is 17.9 Å². The van der Waals surface area contributed by atoms with Crippen molar-refractivity contribution in [3.8, 4) is 5.75 Å². The van der Waals surface area contributed by atoms with E-state index in [1.54, 1.807) is 0 Å². The molecule has 1 aromatic carbocycles. The van der Waals surface area contributed by atoms with E-state index in [0.29, 0.717) is 18.0 Å². The maximum absolute atomic E-state index is 12.7. The van der Waals surface area contributed by atoms with Crippen LogP contribution in [0.4, 0.5) is 18.9 Å². The highest BCUT2D eigenvalue weighted by molar-refractivity contribution is 5.59. The van der Waals surface area contributed by atoms with Gasteiger partial charge in [0.15, 0.2) is 0 Å². The average molecular weight is 271 g/mol. The monoisotopic (exact) mass is 271 g/mol. The highest BCUT2D eigenvalue weighted by atomic mass is 19.4. The SMILES string of the molecule is FC(F)(F)c1ccc2c(c1)OCC1(CCCC1)CN2. The Hall–Kier alpha value is -1.39. The van der Waals surface area contributed by atoms with Gasteiger partial charge in [-0.3, -0.25) is 0 Å². The third kappa shape index (κ3) is 2.38. The first-order valence-corrected chi connectivity index (χ1v) is 6.57. The summed E-state index contributed by atoms with van der Waals surface area (Å²) in [5.74, 6) is 0.318. The van der Waals surface area contributed by atoms with Gasteiger partial charge in [0.1, 0.15) is 5.75 Å². The molecule has 1 aromatic rings. The van der Waals surface area contributed by atoms with Crippen molar-refractivity contribution in [1.82, 2.24) is 0 Å². The van der Waals surface area contributed by atoms with Crippen LogP contribution in [0.15, 0.2) is 18.2 Å². The minimum atomic E-state index is -4.32. The maximum atomic E-state index is 12.7. The number of alkyl halides is 3. The molecule has 1 heterocycles. The molecule has 1 aliphatic heterocycles. The van der Waals surface area contributed by atoms with Crippen molar-refractivity contribution in [3.05, 3.63) is 23.8 Å². The van der Waals surface area contributed by atoms with Crippen molar-refractivity contribution in [1.29, 1.82) is 0 Å². The van der Waals surface area contributed by atoms with Gasteiger partial charge in [-0.1, -0.05) is 12.8 Å². The third-order valence-corrected chi connectivity index (χ3v) is 4.16. The van der Waals surface area contributed by atoms with Gasteiger partial charge in [0.25, 0.3) is 0 Å². The molecule has 1 spiro atoms. The Morgan fingerprint density at radius 2 is 1.89 bits per heavy atom. The fraction of sp³-hybridized carbons (Fsp3) is 0.571. The number of rotatable bonds is 0. The molecule has 0 amide bonds. The molecular weight excluding hydrogens is 255 g/mol. The maximum Gasteiger partial charge on any atom is 0.416 e. The summed E-state index contributed by atoms with van der Waals surface area (Å²) in [7, 11) is 0. The summed E-state index contributed by atoms with van der Waals surface area (Å²) >= 11 is 0. The van der Waals surface area contributed by atoms with Gasteiger partial charge in [-0.05, 0) is 31.0 Å². The van der Waals surface area contributed by atoms with E-state index in [4.69, 9.17) is 4.74 Å². The number of ether oxygens (including phenoxy) is 1. The first-order chi connectivity index (χ1) is 8.99. The lowest BCUT2D eigenvalue weighted by Gasteiger charge is -2.25. The Bertz CT molecular complexity index is 478. The number of halogens is 3. The van der Waals surface area contributed by atoms with Gasteiger partial charge in [-0.2, -0.15) is 13.2 Å². The highest BCUT2D eigenvalue weighted by Crippen LogP contribution is 2.43. The number of hydrogen-bond acceptors (Lipinski definition) is 2. The molecule has 0 bridgehead atoms. The minimum Gasteiger partial charge on any atom is -0.491 e. The van der Waals surface area contributed by atoms with Crippen LogP contribution in [0.25, 0.3) is 0 Å². The number of benzene rings is 1. The van der Waals surface area contributed by atoms with E-state index < -0.39 is 11.7 Å². The van der Waals surface area contributed by atoms with Gasteiger partial charge < -0.3 is 10.1 Å². The van der Waals surface area contributed by atoms with E-state index in [-0.39, 0.29) is 5.41 Å². The number of hydrogen-bond donors (Lipinski definition) is 1. The summed E-state index contributed by atoms with van der Waals surface area (Å²) < 4.78 is 43.7. The molecule has 1 saturated carbocycles. The standard InChI is InChI=1S/C14H16F3NO/c15-14(16,17)10-3-4-11-12(7-10)19-9-13(8-18-11)5-1-2-6-13/h3-4,7,18H,1-2,5-6,8-9H2. The highest BCUT2D eigenvalue weighted by Gasteiger charge is 2.37. The van der Waals surface area contributed by atoms with E-state index in [1.807, 2.05) is 0 Å². The Morgan fingerprint density at radius 1 is 1.16 bits per heavy atom. The molecule has 19 heavy (non-hydrogen) atoms. The Labute approximate surface area is 109 Å². The van der Waals surface area contributed by atoms with Crippen LogP contribution in [0.1, 0.15) is 31.2 Å². The van der Waals surface area contributed by atoms with Crippen molar-refractivity contribution >= 4 is 5.69 Å². The zero-order valence-corrected chi connectivity index (χ0v) is 10.5. The second-order valence-corrected chi connectivity index (χ2v) is 5.56. The van der Waals surface area contributed by atoms with Crippen LogP contribution >= 0.6 is 0 Å². The second kappa shape index (κ2) is 4.32. The molecule has 2 nitrogen and oxygen atoms in total. The molecule has 1 N–H and O–H groups in total. The van der Waals surface area contributed by atoms with Crippen molar-refractivity contribution in [2.45, 2.75) is 31.9 Å². The quantitative estimate of drug-likeness (QED) is 0.768. The van der Waals surface area contributed by atoms with Gasteiger partial charge in [0.2, 0.25) is 0 Å². The van der Waals surface area contributed by atoms with E-state index in [0.717, 1.165) is 31.5 Å². The summed E-state index contributed by atoms with van der Waals surface area (Å²) in [6, 6.07) is 3.66. The first kappa shape index (κ1) is 12.6. The van der Waals surface area contributed by atoms with Crippen molar-refractivity contribution in [2.75, 3.05) is 18.5 Å². The summed E-state index contributed by atoms with van der Waals surface area (Å²) in [4.78, 5) is 0. The summed E-state index contributed by atoms with van der Waals surface area (Å²) in [5, 5.41) is 3.24. The zero-order chi connectivity index (χ0) is 13.5. The molecular formula is C14H16F3NO. The van der Waals surface area contributed by atoms with Crippen molar-refractivity contribution in [3.63, 3.8) is 0 Å². The smallest absolute Gasteiger partial charge is 0.416 e. The van der Waals surface area contributed by atoms with Crippen molar-refractivity contribution in [2.24, 2.45) is 5.41 Å². The predicted molar refractivity (Wildman–Crippen MR) is 66.3 cm³/mol. The third-order valence-electron chi connectivity index (χ3n) is 4.16. The Morgan fingerprint density at radius 3 is 2.58 bits per heavy atom. The molecule has 0 aromatic heterocycles. The average Bonchev–Trinajstić information content (AvgIpc) is 2.74. The van der Waals surface area contributed by atoms with Gasteiger partial charge >= 0.3 is 6.18 Å². The molecule has 2 aliphatic rings. The number of nitrogens with one attached hydrogen (secondary N) is 1. The lowest BCUT2D eigenvalue weighted by molar-refractivity contribution is -0.137. The molecule has 5 heteroatoms. The van der Waals surface area contributed by atoms with Crippen LogP contribution in [-0.2, 0) is 6.18 Å². The molecule has 104 valence electrons. The van der Waals surface area contributed by atoms with Crippen LogP contribution < -0.4 is 10.1 Å². The van der Waals surface area contributed by atoms with E-state index in [9.17, 15) is 13.2 Å². The summed E-state index contributed by atoms with van der Waals surface area (Å²) in [5.41, 5.74) is 0.101. The molecule has 0 radical (unpaired) electrons. The zero-order valence-electron chi connectivity index (χ0n) is 10.5. The largest absolute Gasteiger partial charge is 0.491 e. The summed E-state index contributed by atoms with van der Waals surface area (Å²) in [6.07, 6.45) is 0.195. The van der Waals surface area contributed by atoms with Crippen LogP contribution in [0.2, 0.25) is 0 Å². The topological polar surface area (TPSA) is 21.3 Å². The second-order valence-electron chi connectivity index (χ2n) is 5.56. The predicted octanol–water partition coefficient (Wildman–Crippen LogP) is 4.07. The molecule has 1 aliphatic carbocycles. The first-order valence-electron chi connectivity index (χ1n) is 6.57. The van der Waals surface area contributed by atoms with Crippen LogP contribution in [0.5, 0.6) is 5.75 Å². The minimum absolute atomic E-state index is 0.0947. The lowest BCUT2D eigenvalue weighted by atomic mass is 9.87. The van der Waals surface area contributed by atoms with Crippen LogP contribution in [-0.4, -0.2) is 13.2 Å². The van der Waals surface area contributed by atoms with Gasteiger partial charge in [-0.15, -0.1) is 0 Å². The number of fused-ring (bicyclic) bond motifs is 1. The van der Waals surface area contributed by atoms with E-state index >= 15 is 0 Å². The molecule has 3 rings (SSSR count). The van der Waals surface area contributed by atoms with Crippen LogP contribution in [0, 0.1) is 5.41 Å². The lowest BCUT2D eigenvalue weighted by Crippen LogP contribution is -2.30. The Kier molecular flexibility index (Phi) is 2.87. The van der Waals surface area contributed by atoms with Gasteiger partial charge in [0, 0.05) is 12.0 Å². The molecule has 1 fully saturated rings. The van der Waals surface area contributed by atoms with Gasteiger partial charge in [0.05, 0.1) is 17.9 Å². The normalized spacial score (nSPS) is 21.4. The van der Waals surface area contributed by atoms with Gasteiger partial charge in [-0.25, -0.2) is 0 Å². The molecule has 0 atom stereocenters. The van der Waals surface area contributed by atoms with E-state index in [2.05, 4.69) is 5.32 Å². The molecule has 0 saturated heterocycles. The fourth-order valence-corrected chi connectivity index (χ4v) is 2.97.